The third-order valence-corrected chi connectivity index (χ3v) is 2.12. The highest BCUT2D eigenvalue weighted by atomic mass is 16.3. The number of hydrogen-bond acceptors (Lipinski definition) is 6. The van der Waals surface area contributed by atoms with E-state index in [0.717, 1.165) is 24.5 Å². The normalized spacial score (nSPS) is 10.2. The molecule has 0 aliphatic rings. The Kier molecular flexibility index (Phi) is 3.90. The first-order chi connectivity index (χ1) is 8.38. The van der Waals surface area contributed by atoms with E-state index in [1.807, 2.05) is 12.1 Å². The lowest BCUT2D eigenvalue weighted by Crippen LogP contribution is -2.08. The molecule has 0 saturated heterocycles. The first-order valence-electron chi connectivity index (χ1n) is 5.58. The van der Waals surface area contributed by atoms with Gasteiger partial charge in [0.2, 0.25) is 5.95 Å². The number of aromatic nitrogens is 3. The van der Waals surface area contributed by atoms with Crippen molar-refractivity contribution in [3.63, 3.8) is 0 Å². The van der Waals surface area contributed by atoms with Crippen LogP contribution in [0.2, 0.25) is 0 Å². The van der Waals surface area contributed by atoms with Crippen molar-refractivity contribution in [3.05, 3.63) is 30.4 Å². The van der Waals surface area contributed by atoms with Crippen LogP contribution in [0, 0.1) is 0 Å². The van der Waals surface area contributed by atoms with Gasteiger partial charge in [-0.3, -0.25) is 0 Å². The molecule has 90 valence electrons. The minimum atomic E-state index is 0.488. The standard InChI is InChI=1S/C11H15N5O/c1-2-5-12-10-8-14-16-11(15-10)13-7-9-4-3-6-17-9/h3-4,6,8H,2,5,7H2,1H3,(H2,12,13,15,16). The van der Waals surface area contributed by atoms with Gasteiger partial charge in [0.05, 0.1) is 19.0 Å². The first kappa shape index (κ1) is 11.4. The maximum Gasteiger partial charge on any atom is 0.245 e. The number of anilines is 2. The van der Waals surface area contributed by atoms with Crippen molar-refractivity contribution in [2.24, 2.45) is 0 Å². The fraction of sp³-hybridized carbons (Fsp3) is 0.364. The van der Waals surface area contributed by atoms with Gasteiger partial charge in [-0.15, -0.1) is 5.10 Å². The molecular formula is C11H15N5O. The van der Waals surface area contributed by atoms with Crippen molar-refractivity contribution in [1.29, 1.82) is 0 Å². The average Bonchev–Trinajstić information content (AvgIpc) is 2.87. The second-order valence-corrected chi connectivity index (χ2v) is 3.52. The van der Waals surface area contributed by atoms with Gasteiger partial charge in [-0.25, -0.2) is 0 Å². The van der Waals surface area contributed by atoms with E-state index in [1.54, 1.807) is 12.5 Å². The Hall–Kier alpha value is -2.11. The minimum absolute atomic E-state index is 0.488. The van der Waals surface area contributed by atoms with Crippen LogP contribution in [0.15, 0.2) is 29.0 Å². The van der Waals surface area contributed by atoms with E-state index in [1.165, 1.54) is 0 Å². The maximum absolute atomic E-state index is 5.20. The van der Waals surface area contributed by atoms with Crippen LogP contribution in [-0.4, -0.2) is 21.7 Å². The van der Waals surface area contributed by atoms with Crippen LogP contribution in [0.1, 0.15) is 19.1 Å². The van der Waals surface area contributed by atoms with Gasteiger partial charge >= 0.3 is 0 Å². The molecule has 6 nitrogen and oxygen atoms in total. The Morgan fingerprint density at radius 2 is 2.29 bits per heavy atom. The van der Waals surface area contributed by atoms with Crippen LogP contribution >= 0.6 is 0 Å². The van der Waals surface area contributed by atoms with Crippen LogP contribution in [0.4, 0.5) is 11.8 Å². The molecule has 2 aromatic heterocycles. The second kappa shape index (κ2) is 5.83. The Balaban J connectivity index is 1.91. The van der Waals surface area contributed by atoms with Crippen LogP contribution in [0.25, 0.3) is 0 Å². The summed E-state index contributed by atoms with van der Waals surface area (Å²) in [6.45, 7) is 3.51. The van der Waals surface area contributed by atoms with Crippen LogP contribution in [-0.2, 0) is 6.54 Å². The largest absolute Gasteiger partial charge is 0.467 e. The minimum Gasteiger partial charge on any atom is -0.467 e. The van der Waals surface area contributed by atoms with Gasteiger partial charge < -0.3 is 15.1 Å². The summed E-state index contributed by atoms with van der Waals surface area (Å²) in [6.07, 6.45) is 4.28. The molecule has 0 unspecified atom stereocenters. The molecule has 0 amide bonds. The van der Waals surface area contributed by atoms with Crippen LogP contribution in [0.3, 0.4) is 0 Å². The molecule has 0 aliphatic carbocycles. The third kappa shape index (κ3) is 3.44. The number of furan rings is 1. The Morgan fingerprint density at radius 3 is 3.06 bits per heavy atom. The number of nitrogens with one attached hydrogen (secondary N) is 2. The lowest BCUT2D eigenvalue weighted by molar-refractivity contribution is 0.517. The van der Waals surface area contributed by atoms with E-state index in [-0.39, 0.29) is 0 Å². The van der Waals surface area contributed by atoms with Crippen LogP contribution < -0.4 is 10.6 Å². The van der Waals surface area contributed by atoms with E-state index in [2.05, 4.69) is 32.7 Å². The molecule has 0 atom stereocenters. The highest BCUT2D eigenvalue weighted by Crippen LogP contribution is 2.06. The molecular weight excluding hydrogens is 218 g/mol. The zero-order valence-corrected chi connectivity index (χ0v) is 9.68. The molecule has 2 heterocycles. The van der Waals surface area contributed by atoms with E-state index in [0.29, 0.717) is 12.5 Å². The molecule has 0 aliphatic heterocycles. The smallest absolute Gasteiger partial charge is 0.245 e. The highest BCUT2D eigenvalue weighted by molar-refractivity contribution is 5.36. The topological polar surface area (TPSA) is 75.9 Å². The third-order valence-electron chi connectivity index (χ3n) is 2.12. The predicted octanol–water partition coefficient (Wildman–Crippen LogP) is 1.90. The van der Waals surface area contributed by atoms with Crippen molar-refractivity contribution in [2.75, 3.05) is 17.2 Å². The van der Waals surface area contributed by atoms with Crippen molar-refractivity contribution in [1.82, 2.24) is 15.2 Å². The molecule has 2 N–H and O–H groups in total. The van der Waals surface area contributed by atoms with E-state index >= 15 is 0 Å². The van der Waals surface area contributed by atoms with Crippen molar-refractivity contribution < 1.29 is 4.42 Å². The van der Waals surface area contributed by atoms with Gasteiger partial charge in [0.25, 0.3) is 0 Å². The van der Waals surface area contributed by atoms with Gasteiger partial charge in [-0.1, -0.05) is 6.92 Å². The summed E-state index contributed by atoms with van der Waals surface area (Å²) in [4.78, 5) is 4.27. The van der Waals surface area contributed by atoms with Gasteiger partial charge in [-0.05, 0) is 18.6 Å². The lowest BCUT2D eigenvalue weighted by Gasteiger charge is -2.05. The maximum atomic E-state index is 5.20. The Morgan fingerprint density at radius 1 is 1.35 bits per heavy atom. The fourth-order valence-corrected chi connectivity index (χ4v) is 1.30. The molecule has 2 aromatic rings. The monoisotopic (exact) mass is 233 g/mol. The van der Waals surface area contributed by atoms with Crippen molar-refractivity contribution in [3.8, 4) is 0 Å². The molecule has 0 bridgehead atoms. The zero-order chi connectivity index (χ0) is 11.9. The molecule has 17 heavy (non-hydrogen) atoms. The quantitative estimate of drug-likeness (QED) is 0.793. The highest BCUT2D eigenvalue weighted by Gasteiger charge is 2.01. The average molecular weight is 233 g/mol. The molecule has 0 spiro atoms. The number of rotatable bonds is 6. The summed E-state index contributed by atoms with van der Waals surface area (Å²) in [5, 5.41) is 14.0. The Bertz CT molecular complexity index is 443. The fourth-order valence-electron chi connectivity index (χ4n) is 1.30. The van der Waals surface area contributed by atoms with Crippen molar-refractivity contribution in [2.45, 2.75) is 19.9 Å². The summed E-state index contributed by atoms with van der Waals surface area (Å²) in [6, 6.07) is 3.73. The molecule has 2 rings (SSSR count). The lowest BCUT2D eigenvalue weighted by atomic mass is 10.4. The SMILES string of the molecule is CCCNc1cnnc(NCc2ccco2)n1. The van der Waals surface area contributed by atoms with E-state index in [4.69, 9.17) is 4.42 Å². The summed E-state index contributed by atoms with van der Waals surface area (Å²) in [5.74, 6) is 2.05. The summed E-state index contributed by atoms with van der Waals surface area (Å²) < 4.78 is 5.20. The second-order valence-electron chi connectivity index (χ2n) is 3.52. The van der Waals surface area contributed by atoms with Crippen LogP contribution in [0.5, 0.6) is 0 Å². The van der Waals surface area contributed by atoms with E-state index < -0.39 is 0 Å². The Labute approximate surface area is 99.5 Å². The summed E-state index contributed by atoms with van der Waals surface area (Å²) >= 11 is 0. The van der Waals surface area contributed by atoms with Gasteiger partial charge in [-0.2, -0.15) is 10.1 Å². The zero-order valence-electron chi connectivity index (χ0n) is 9.68. The summed E-state index contributed by atoms with van der Waals surface area (Å²) in [5.41, 5.74) is 0. The molecule has 0 aromatic carbocycles. The first-order valence-corrected chi connectivity index (χ1v) is 5.58. The molecule has 0 fully saturated rings. The number of hydrogen-bond donors (Lipinski definition) is 2. The number of nitrogens with zero attached hydrogens (tertiary/aromatic N) is 3. The summed E-state index contributed by atoms with van der Waals surface area (Å²) in [7, 11) is 0. The van der Waals surface area contributed by atoms with E-state index in [9.17, 15) is 0 Å². The molecule has 6 heteroatoms. The van der Waals surface area contributed by atoms with Crippen molar-refractivity contribution >= 4 is 11.8 Å². The van der Waals surface area contributed by atoms with Gasteiger partial charge in [0, 0.05) is 6.54 Å². The molecule has 0 radical (unpaired) electrons. The molecule has 0 saturated carbocycles. The van der Waals surface area contributed by atoms with Gasteiger partial charge in [0.15, 0.2) is 0 Å². The predicted molar refractivity (Wildman–Crippen MR) is 64.6 cm³/mol. The van der Waals surface area contributed by atoms with Gasteiger partial charge in [0.1, 0.15) is 11.6 Å².